The summed E-state index contributed by atoms with van der Waals surface area (Å²) in [5.41, 5.74) is 0.861. The number of carbonyl (C=O) groups excluding carboxylic acids is 1. The van der Waals surface area contributed by atoms with E-state index in [0.29, 0.717) is 18.4 Å². The van der Waals surface area contributed by atoms with E-state index in [9.17, 15) is 4.79 Å². The Hall–Kier alpha value is -1.20. The lowest BCUT2D eigenvalue weighted by atomic mass is 9.91. The number of oxazole rings is 1. The van der Waals surface area contributed by atoms with Gasteiger partial charge >= 0.3 is 0 Å². The highest BCUT2D eigenvalue weighted by Crippen LogP contribution is 2.28. The molecule has 0 radical (unpaired) electrons. The third-order valence-electron chi connectivity index (χ3n) is 4.74. The lowest BCUT2D eigenvalue weighted by Gasteiger charge is -2.46. The minimum atomic E-state index is -0.0462. The fraction of sp³-hybridized carbons (Fsp3) is 0.765. The topological polar surface area (TPSA) is 55.6 Å². The van der Waals surface area contributed by atoms with Crippen LogP contribution in [0, 0.1) is 0 Å². The van der Waals surface area contributed by atoms with Crippen molar-refractivity contribution in [2.45, 2.75) is 64.0 Å². The fourth-order valence-corrected chi connectivity index (χ4v) is 3.21. The van der Waals surface area contributed by atoms with E-state index in [2.05, 4.69) is 30.7 Å². The van der Waals surface area contributed by atoms with E-state index in [4.69, 9.17) is 9.15 Å². The summed E-state index contributed by atoms with van der Waals surface area (Å²) in [5.74, 6) is 0.786. The standard InChI is InChI=1S/C17H26N2O3/c1-17(2,3)15-11-22-16(18-15)10-14(20)13-4-7-19(13)12-5-8-21-9-6-12/h11-13H,4-10H2,1-3H3/t13-/m0/s1. The zero-order chi connectivity index (χ0) is 15.7. The maximum Gasteiger partial charge on any atom is 0.201 e. The van der Waals surface area contributed by atoms with Crippen LogP contribution in [0.15, 0.2) is 10.7 Å². The van der Waals surface area contributed by atoms with E-state index in [0.717, 1.165) is 44.7 Å². The number of Topliss-reactive ketones (excluding diaryl/α,β-unsaturated/α-hetero) is 1. The van der Waals surface area contributed by atoms with Crippen LogP contribution in [0.1, 0.15) is 51.6 Å². The van der Waals surface area contributed by atoms with Gasteiger partial charge in [-0.1, -0.05) is 20.8 Å². The van der Waals surface area contributed by atoms with Crippen molar-refractivity contribution in [3.05, 3.63) is 17.8 Å². The Morgan fingerprint density at radius 3 is 2.59 bits per heavy atom. The molecule has 1 aromatic rings. The molecule has 1 aromatic heterocycles. The number of aromatic nitrogens is 1. The molecule has 1 atom stereocenters. The third-order valence-corrected chi connectivity index (χ3v) is 4.74. The Kier molecular flexibility index (Phi) is 4.37. The predicted octanol–water partition coefficient (Wildman–Crippen LogP) is 2.34. The second kappa shape index (κ2) is 6.13. The highest BCUT2D eigenvalue weighted by molar-refractivity contribution is 5.86. The molecule has 0 saturated carbocycles. The van der Waals surface area contributed by atoms with Gasteiger partial charge in [0.05, 0.1) is 18.2 Å². The first kappa shape index (κ1) is 15.7. The van der Waals surface area contributed by atoms with Gasteiger partial charge in [0, 0.05) is 31.2 Å². The molecule has 2 saturated heterocycles. The number of nitrogens with zero attached hydrogens (tertiary/aromatic N) is 2. The second-order valence-corrected chi connectivity index (χ2v) is 7.41. The fourth-order valence-electron chi connectivity index (χ4n) is 3.21. The Morgan fingerprint density at radius 1 is 1.32 bits per heavy atom. The zero-order valence-corrected chi connectivity index (χ0v) is 13.8. The second-order valence-electron chi connectivity index (χ2n) is 7.41. The van der Waals surface area contributed by atoms with Gasteiger partial charge in [0.2, 0.25) is 5.89 Å². The Morgan fingerprint density at radius 2 is 2.05 bits per heavy atom. The molecule has 2 fully saturated rings. The van der Waals surface area contributed by atoms with Crippen LogP contribution in [0.5, 0.6) is 0 Å². The summed E-state index contributed by atoms with van der Waals surface area (Å²) in [4.78, 5) is 19.4. The normalized spacial score (nSPS) is 24.2. The summed E-state index contributed by atoms with van der Waals surface area (Å²) in [6.07, 6.45) is 5.02. The van der Waals surface area contributed by atoms with E-state index in [1.165, 1.54) is 0 Å². The predicted molar refractivity (Wildman–Crippen MR) is 82.9 cm³/mol. The molecular formula is C17H26N2O3. The number of ketones is 1. The summed E-state index contributed by atoms with van der Waals surface area (Å²) >= 11 is 0. The van der Waals surface area contributed by atoms with Gasteiger partial charge in [0.1, 0.15) is 6.26 Å². The SMILES string of the molecule is CC(C)(C)c1coc(CC(=O)[C@@H]2CCN2C2CCOCC2)n1. The van der Waals surface area contributed by atoms with Gasteiger partial charge in [-0.25, -0.2) is 4.98 Å². The molecule has 0 amide bonds. The minimum Gasteiger partial charge on any atom is -0.448 e. The van der Waals surface area contributed by atoms with E-state index in [1.807, 2.05) is 0 Å². The summed E-state index contributed by atoms with van der Waals surface area (Å²) in [5, 5.41) is 0. The monoisotopic (exact) mass is 306 g/mol. The van der Waals surface area contributed by atoms with Gasteiger partial charge in [-0.2, -0.15) is 0 Å². The van der Waals surface area contributed by atoms with Crippen LogP contribution in [-0.4, -0.2) is 47.5 Å². The van der Waals surface area contributed by atoms with E-state index < -0.39 is 0 Å². The molecule has 0 unspecified atom stereocenters. The average Bonchev–Trinajstić information content (AvgIpc) is 2.87. The molecule has 22 heavy (non-hydrogen) atoms. The van der Waals surface area contributed by atoms with Crippen LogP contribution < -0.4 is 0 Å². The molecule has 2 aliphatic rings. The lowest BCUT2D eigenvalue weighted by molar-refractivity contribution is -0.132. The van der Waals surface area contributed by atoms with Gasteiger partial charge in [0.15, 0.2) is 5.78 Å². The van der Waals surface area contributed by atoms with Crippen molar-refractivity contribution < 1.29 is 13.9 Å². The van der Waals surface area contributed by atoms with Crippen molar-refractivity contribution >= 4 is 5.78 Å². The summed E-state index contributed by atoms with van der Waals surface area (Å²) < 4.78 is 10.9. The molecule has 3 heterocycles. The van der Waals surface area contributed by atoms with Gasteiger partial charge in [-0.3, -0.25) is 9.69 Å². The molecule has 5 nitrogen and oxygen atoms in total. The van der Waals surface area contributed by atoms with Crippen molar-refractivity contribution in [2.24, 2.45) is 0 Å². The molecular weight excluding hydrogens is 280 g/mol. The van der Waals surface area contributed by atoms with Crippen molar-refractivity contribution in [1.82, 2.24) is 9.88 Å². The molecule has 122 valence electrons. The number of hydrogen-bond donors (Lipinski definition) is 0. The molecule has 3 rings (SSSR count). The molecule has 0 aliphatic carbocycles. The van der Waals surface area contributed by atoms with Crippen molar-refractivity contribution in [3.8, 4) is 0 Å². The van der Waals surface area contributed by atoms with Crippen LogP contribution in [0.25, 0.3) is 0 Å². The van der Waals surface area contributed by atoms with Crippen molar-refractivity contribution in [3.63, 3.8) is 0 Å². The summed E-state index contributed by atoms with van der Waals surface area (Å²) in [7, 11) is 0. The number of likely N-dealkylation sites (tertiary alicyclic amines) is 1. The van der Waals surface area contributed by atoms with Gasteiger partial charge in [-0.05, 0) is 19.3 Å². The van der Waals surface area contributed by atoms with Crippen LogP contribution in [0.4, 0.5) is 0 Å². The zero-order valence-electron chi connectivity index (χ0n) is 13.8. The van der Waals surface area contributed by atoms with Gasteiger partial charge in [0.25, 0.3) is 0 Å². The molecule has 2 aliphatic heterocycles. The number of hydrogen-bond acceptors (Lipinski definition) is 5. The quantitative estimate of drug-likeness (QED) is 0.854. The first-order valence-corrected chi connectivity index (χ1v) is 8.26. The Labute approximate surface area is 132 Å². The summed E-state index contributed by atoms with van der Waals surface area (Å²) in [6.45, 7) is 8.94. The number of ether oxygens (including phenoxy) is 1. The lowest BCUT2D eigenvalue weighted by Crippen LogP contribution is -2.58. The third kappa shape index (κ3) is 3.25. The maximum atomic E-state index is 12.5. The average molecular weight is 306 g/mol. The number of rotatable bonds is 4. The van der Waals surface area contributed by atoms with Crippen molar-refractivity contribution in [1.29, 1.82) is 0 Å². The van der Waals surface area contributed by atoms with Gasteiger partial charge in [-0.15, -0.1) is 0 Å². The van der Waals surface area contributed by atoms with E-state index in [-0.39, 0.29) is 17.2 Å². The largest absolute Gasteiger partial charge is 0.448 e. The first-order valence-electron chi connectivity index (χ1n) is 8.26. The van der Waals surface area contributed by atoms with Crippen LogP contribution >= 0.6 is 0 Å². The summed E-state index contributed by atoms with van der Waals surface area (Å²) in [6, 6.07) is 0.555. The van der Waals surface area contributed by atoms with Crippen LogP contribution in [0.2, 0.25) is 0 Å². The minimum absolute atomic E-state index is 0.0462. The number of carbonyl (C=O) groups is 1. The molecule has 5 heteroatoms. The first-order chi connectivity index (χ1) is 10.4. The van der Waals surface area contributed by atoms with Crippen LogP contribution in [-0.2, 0) is 21.4 Å². The molecule has 0 aromatic carbocycles. The highest BCUT2D eigenvalue weighted by atomic mass is 16.5. The van der Waals surface area contributed by atoms with Gasteiger partial charge < -0.3 is 9.15 Å². The van der Waals surface area contributed by atoms with E-state index >= 15 is 0 Å². The van der Waals surface area contributed by atoms with Crippen molar-refractivity contribution in [2.75, 3.05) is 19.8 Å². The van der Waals surface area contributed by atoms with E-state index in [1.54, 1.807) is 6.26 Å². The Bertz CT molecular complexity index is 526. The molecule has 0 N–H and O–H groups in total. The van der Waals surface area contributed by atoms with Crippen LogP contribution in [0.3, 0.4) is 0 Å². The molecule has 0 bridgehead atoms. The molecule has 0 spiro atoms. The highest BCUT2D eigenvalue weighted by Gasteiger charge is 2.39. The maximum absolute atomic E-state index is 12.5. The Balaban J connectivity index is 1.58. The smallest absolute Gasteiger partial charge is 0.201 e.